The zero-order valence-corrected chi connectivity index (χ0v) is 14.8. The monoisotopic (exact) mass is 365 g/mol. The fourth-order valence-electron chi connectivity index (χ4n) is 2.94. The van der Waals surface area contributed by atoms with E-state index in [1.165, 1.54) is 12.1 Å². The molecule has 0 saturated heterocycles. The van der Waals surface area contributed by atoms with E-state index in [0.29, 0.717) is 10.6 Å². The summed E-state index contributed by atoms with van der Waals surface area (Å²) in [6.07, 6.45) is 0. The van der Waals surface area contributed by atoms with Crippen molar-refractivity contribution in [3.63, 3.8) is 0 Å². The maximum Gasteiger partial charge on any atom is 0.196 e. The molecule has 0 aliphatic rings. The second-order valence-electron chi connectivity index (χ2n) is 5.98. The van der Waals surface area contributed by atoms with Crippen molar-refractivity contribution >= 4 is 12.2 Å². The highest BCUT2D eigenvalue weighted by Crippen LogP contribution is 2.27. The van der Waals surface area contributed by atoms with E-state index in [0.717, 1.165) is 22.5 Å². The van der Waals surface area contributed by atoms with E-state index in [4.69, 9.17) is 12.2 Å². The van der Waals surface area contributed by atoms with Gasteiger partial charge in [0.05, 0.1) is 11.7 Å². The molecule has 1 unspecified atom stereocenters. The Morgan fingerprint density at radius 3 is 2.46 bits per heavy atom. The maximum atomic E-state index is 13.2. The Labute approximate surface area is 154 Å². The SMILES string of the molecule is CC(c1ccc(F)cc1)n1c(-c2cc(-c3ccccc3)n[nH]2)n[nH]c1=S. The van der Waals surface area contributed by atoms with Gasteiger partial charge in [-0.15, -0.1) is 0 Å². The number of nitrogens with one attached hydrogen (secondary N) is 2. The molecule has 7 heteroatoms. The topological polar surface area (TPSA) is 62.3 Å². The third kappa shape index (κ3) is 2.97. The van der Waals surface area contributed by atoms with Crippen molar-refractivity contribution in [1.82, 2.24) is 25.0 Å². The van der Waals surface area contributed by atoms with Crippen molar-refractivity contribution in [1.29, 1.82) is 0 Å². The highest BCUT2D eigenvalue weighted by atomic mass is 32.1. The van der Waals surface area contributed by atoms with Crippen molar-refractivity contribution in [3.8, 4) is 22.8 Å². The van der Waals surface area contributed by atoms with E-state index in [-0.39, 0.29) is 11.9 Å². The standard InChI is InChI=1S/C19H16FN5S/c1-12(13-7-9-15(20)10-8-13)25-18(23-24-19(25)26)17-11-16(21-22-17)14-5-3-2-4-6-14/h2-12H,1H3,(H,21,22)(H,24,26). The van der Waals surface area contributed by atoms with E-state index < -0.39 is 0 Å². The van der Waals surface area contributed by atoms with Crippen LogP contribution in [0, 0.1) is 10.6 Å². The van der Waals surface area contributed by atoms with Crippen LogP contribution in [0.1, 0.15) is 18.5 Å². The normalized spacial score (nSPS) is 12.2. The first kappa shape index (κ1) is 16.4. The van der Waals surface area contributed by atoms with Crippen LogP contribution in [0.2, 0.25) is 0 Å². The number of hydrogen-bond donors (Lipinski definition) is 2. The maximum absolute atomic E-state index is 13.2. The zero-order chi connectivity index (χ0) is 18.1. The number of H-pyrrole nitrogens is 2. The molecule has 2 aromatic heterocycles. The molecule has 26 heavy (non-hydrogen) atoms. The van der Waals surface area contributed by atoms with E-state index in [1.807, 2.05) is 47.9 Å². The first-order valence-corrected chi connectivity index (χ1v) is 8.58. The summed E-state index contributed by atoms with van der Waals surface area (Å²) < 4.78 is 15.6. The minimum Gasteiger partial charge on any atom is -0.292 e. The molecule has 0 aliphatic heterocycles. The van der Waals surface area contributed by atoms with Crippen molar-refractivity contribution in [2.75, 3.05) is 0 Å². The number of nitrogens with zero attached hydrogens (tertiary/aromatic N) is 3. The molecule has 0 amide bonds. The van der Waals surface area contributed by atoms with Crippen LogP contribution in [0.15, 0.2) is 60.7 Å². The molecule has 4 rings (SSSR count). The molecule has 0 saturated carbocycles. The van der Waals surface area contributed by atoms with Gasteiger partial charge in [0, 0.05) is 5.56 Å². The average Bonchev–Trinajstić information content (AvgIpc) is 3.29. The number of halogens is 1. The summed E-state index contributed by atoms with van der Waals surface area (Å²) in [5.74, 6) is 0.388. The smallest absolute Gasteiger partial charge is 0.196 e. The molecule has 2 aromatic carbocycles. The lowest BCUT2D eigenvalue weighted by atomic mass is 10.1. The predicted octanol–water partition coefficient (Wildman–Crippen LogP) is 4.75. The van der Waals surface area contributed by atoms with Crippen LogP contribution in [-0.2, 0) is 0 Å². The predicted molar refractivity (Wildman–Crippen MR) is 101 cm³/mol. The minimum absolute atomic E-state index is 0.111. The van der Waals surface area contributed by atoms with Gasteiger partial charge < -0.3 is 0 Å². The lowest BCUT2D eigenvalue weighted by Gasteiger charge is -2.15. The third-order valence-corrected chi connectivity index (χ3v) is 4.62. The Balaban J connectivity index is 1.74. The quantitative estimate of drug-likeness (QED) is 0.513. The Hall–Kier alpha value is -3.06. The van der Waals surface area contributed by atoms with Crippen LogP contribution in [0.25, 0.3) is 22.8 Å². The van der Waals surface area contributed by atoms with Crippen molar-refractivity contribution < 1.29 is 4.39 Å². The molecule has 1 atom stereocenters. The Kier molecular flexibility index (Phi) is 4.22. The number of benzene rings is 2. The molecular formula is C19H16FN5S. The molecular weight excluding hydrogens is 349 g/mol. The van der Waals surface area contributed by atoms with Crippen molar-refractivity contribution in [2.24, 2.45) is 0 Å². The van der Waals surface area contributed by atoms with Gasteiger partial charge in [-0.1, -0.05) is 42.5 Å². The van der Waals surface area contributed by atoms with Gasteiger partial charge in [-0.05, 0) is 42.9 Å². The summed E-state index contributed by atoms with van der Waals surface area (Å²) >= 11 is 5.41. The van der Waals surface area contributed by atoms with Gasteiger partial charge in [-0.2, -0.15) is 10.2 Å². The molecule has 5 nitrogen and oxygen atoms in total. The molecule has 0 radical (unpaired) electrons. The molecule has 0 fully saturated rings. The summed E-state index contributed by atoms with van der Waals surface area (Å²) in [6, 6.07) is 18.1. The average molecular weight is 365 g/mol. The highest BCUT2D eigenvalue weighted by molar-refractivity contribution is 7.71. The van der Waals surface area contributed by atoms with E-state index in [2.05, 4.69) is 20.4 Å². The number of hydrogen-bond acceptors (Lipinski definition) is 3. The highest BCUT2D eigenvalue weighted by Gasteiger charge is 2.18. The Bertz CT molecular complexity index is 1080. The lowest BCUT2D eigenvalue weighted by Crippen LogP contribution is -2.09. The van der Waals surface area contributed by atoms with Crippen molar-refractivity contribution in [2.45, 2.75) is 13.0 Å². The molecule has 4 aromatic rings. The lowest BCUT2D eigenvalue weighted by molar-refractivity contribution is 0.613. The summed E-state index contributed by atoms with van der Waals surface area (Å²) in [6.45, 7) is 2.00. The second-order valence-corrected chi connectivity index (χ2v) is 6.37. The fraction of sp³-hybridized carbons (Fsp3) is 0.105. The Morgan fingerprint density at radius 2 is 1.73 bits per heavy atom. The summed E-state index contributed by atoms with van der Waals surface area (Å²) in [7, 11) is 0. The molecule has 2 heterocycles. The molecule has 2 N–H and O–H groups in total. The van der Waals surface area contributed by atoms with Crippen LogP contribution in [-0.4, -0.2) is 25.0 Å². The van der Waals surface area contributed by atoms with E-state index in [1.54, 1.807) is 12.1 Å². The Morgan fingerprint density at radius 1 is 1.00 bits per heavy atom. The first-order valence-electron chi connectivity index (χ1n) is 8.17. The van der Waals surface area contributed by atoms with Gasteiger partial charge in [-0.3, -0.25) is 14.8 Å². The largest absolute Gasteiger partial charge is 0.292 e. The molecule has 0 bridgehead atoms. The van der Waals surface area contributed by atoms with Gasteiger partial charge in [-0.25, -0.2) is 4.39 Å². The van der Waals surface area contributed by atoms with Crippen LogP contribution >= 0.6 is 12.2 Å². The van der Waals surface area contributed by atoms with Gasteiger partial charge in [0.2, 0.25) is 0 Å². The van der Waals surface area contributed by atoms with E-state index >= 15 is 0 Å². The van der Waals surface area contributed by atoms with Crippen LogP contribution < -0.4 is 0 Å². The van der Waals surface area contributed by atoms with Crippen LogP contribution in [0.4, 0.5) is 4.39 Å². The summed E-state index contributed by atoms with van der Waals surface area (Å²) in [5, 5.41) is 14.6. The zero-order valence-electron chi connectivity index (χ0n) is 14.0. The van der Waals surface area contributed by atoms with Crippen LogP contribution in [0.3, 0.4) is 0 Å². The number of aromatic nitrogens is 5. The second kappa shape index (κ2) is 6.68. The molecule has 0 aliphatic carbocycles. The van der Waals surface area contributed by atoms with Gasteiger partial charge in [0.1, 0.15) is 11.5 Å². The summed E-state index contributed by atoms with van der Waals surface area (Å²) in [4.78, 5) is 0. The molecule has 0 spiro atoms. The fourth-order valence-corrected chi connectivity index (χ4v) is 3.23. The molecule has 130 valence electrons. The van der Waals surface area contributed by atoms with Gasteiger partial charge in [0.25, 0.3) is 0 Å². The number of aromatic amines is 2. The minimum atomic E-state index is -0.266. The van der Waals surface area contributed by atoms with Crippen LogP contribution in [0.5, 0.6) is 0 Å². The van der Waals surface area contributed by atoms with Gasteiger partial charge >= 0.3 is 0 Å². The number of rotatable bonds is 4. The third-order valence-electron chi connectivity index (χ3n) is 4.33. The van der Waals surface area contributed by atoms with Crippen molar-refractivity contribution in [3.05, 3.63) is 76.8 Å². The summed E-state index contributed by atoms with van der Waals surface area (Å²) in [5.41, 5.74) is 3.54. The van der Waals surface area contributed by atoms with Gasteiger partial charge in [0.15, 0.2) is 10.6 Å². The first-order chi connectivity index (χ1) is 12.6. The van der Waals surface area contributed by atoms with E-state index in [9.17, 15) is 4.39 Å².